The first-order chi connectivity index (χ1) is 9.94. The smallest absolute Gasteiger partial charge is 0.157 e. The quantitative estimate of drug-likeness (QED) is 0.836. The van der Waals surface area contributed by atoms with Crippen LogP contribution in [-0.2, 0) is 6.42 Å². The summed E-state index contributed by atoms with van der Waals surface area (Å²) < 4.78 is 0. The van der Waals surface area contributed by atoms with Gasteiger partial charge in [-0.1, -0.05) is 55.9 Å². The maximum absolute atomic E-state index is 4.68. The van der Waals surface area contributed by atoms with Crippen LogP contribution in [0.4, 0.5) is 0 Å². The fourth-order valence-electron chi connectivity index (χ4n) is 2.59. The molecule has 1 unspecified atom stereocenters. The van der Waals surface area contributed by atoms with Gasteiger partial charge in [-0.2, -0.15) is 0 Å². The molecule has 0 radical (unpaired) electrons. The van der Waals surface area contributed by atoms with Gasteiger partial charge in [-0.05, 0) is 44.6 Å². The highest BCUT2D eigenvalue weighted by atomic mass is 32.2. The van der Waals surface area contributed by atoms with Gasteiger partial charge in [0.15, 0.2) is 5.17 Å². The minimum absolute atomic E-state index is 0.0917. The van der Waals surface area contributed by atoms with E-state index >= 15 is 0 Å². The van der Waals surface area contributed by atoms with Crippen LogP contribution in [0.2, 0.25) is 0 Å². The minimum atomic E-state index is 0.0917. The van der Waals surface area contributed by atoms with Crippen LogP contribution in [0.5, 0.6) is 0 Å². The zero-order chi connectivity index (χ0) is 15.3. The number of rotatable bonds is 6. The van der Waals surface area contributed by atoms with E-state index in [2.05, 4.69) is 68.3 Å². The van der Waals surface area contributed by atoms with Crippen LogP contribution in [0.3, 0.4) is 0 Å². The topological polar surface area (TPSA) is 24.4 Å². The van der Waals surface area contributed by atoms with Crippen LogP contribution in [0.25, 0.3) is 0 Å². The number of nitrogens with one attached hydrogen (secondary N) is 1. The van der Waals surface area contributed by atoms with E-state index in [1.54, 1.807) is 0 Å². The molecule has 0 aliphatic carbocycles. The maximum atomic E-state index is 4.68. The summed E-state index contributed by atoms with van der Waals surface area (Å²) in [6.07, 6.45) is 3.48. The summed E-state index contributed by atoms with van der Waals surface area (Å²) in [6, 6.07) is 10.7. The van der Waals surface area contributed by atoms with Crippen molar-refractivity contribution in [3.05, 3.63) is 35.9 Å². The largest absolute Gasteiger partial charge is 0.360 e. The Kier molecular flexibility index (Phi) is 5.74. The Labute approximate surface area is 133 Å². The number of aryl methyl sites for hydroxylation is 1. The van der Waals surface area contributed by atoms with E-state index in [0.29, 0.717) is 5.25 Å². The van der Waals surface area contributed by atoms with Gasteiger partial charge < -0.3 is 5.32 Å². The second-order valence-corrected chi connectivity index (χ2v) is 8.30. The summed E-state index contributed by atoms with van der Waals surface area (Å²) >= 11 is 1.93. The predicted octanol–water partition coefficient (Wildman–Crippen LogP) is 4.50. The molecule has 116 valence electrons. The van der Waals surface area contributed by atoms with Crippen molar-refractivity contribution in [3.8, 4) is 0 Å². The van der Waals surface area contributed by atoms with Gasteiger partial charge in [0, 0.05) is 10.8 Å². The van der Waals surface area contributed by atoms with Crippen LogP contribution >= 0.6 is 11.8 Å². The molecule has 0 bridgehead atoms. The Bertz CT molecular complexity index is 465. The van der Waals surface area contributed by atoms with Gasteiger partial charge in [-0.25, -0.2) is 0 Å². The van der Waals surface area contributed by atoms with Gasteiger partial charge in [0.25, 0.3) is 0 Å². The minimum Gasteiger partial charge on any atom is -0.360 e. The standard InChI is InChI=1S/C18H28N2S/c1-14(2)12-16-13-19-17(21-16)20-18(3,4)11-10-15-8-6-5-7-9-15/h5-9,14,16H,10-13H2,1-4H3,(H,19,20). The van der Waals surface area contributed by atoms with Crippen LogP contribution in [-0.4, -0.2) is 22.5 Å². The molecule has 0 aromatic heterocycles. The average Bonchev–Trinajstić information content (AvgIpc) is 2.83. The molecule has 1 aromatic rings. The lowest BCUT2D eigenvalue weighted by Crippen LogP contribution is -2.42. The van der Waals surface area contributed by atoms with Crippen molar-refractivity contribution < 1.29 is 0 Å². The van der Waals surface area contributed by atoms with Crippen molar-refractivity contribution in [2.24, 2.45) is 10.9 Å². The third-order valence-electron chi connectivity index (χ3n) is 3.78. The van der Waals surface area contributed by atoms with Gasteiger partial charge in [0.1, 0.15) is 0 Å². The van der Waals surface area contributed by atoms with E-state index < -0.39 is 0 Å². The molecule has 3 heteroatoms. The molecule has 1 aliphatic heterocycles. The normalized spacial score (nSPS) is 18.9. The molecule has 0 saturated heterocycles. The molecular formula is C18H28N2S. The number of hydrogen-bond acceptors (Lipinski definition) is 3. The Morgan fingerprint density at radius 1 is 1.29 bits per heavy atom. The molecule has 1 aromatic carbocycles. The predicted molar refractivity (Wildman–Crippen MR) is 95.1 cm³/mol. The second-order valence-electron chi connectivity index (χ2n) is 7.01. The third-order valence-corrected chi connectivity index (χ3v) is 4.91. The summed E-state index contributed by atoms with van der Waals surface area (Å²) in [6.45, 7) is 10.1. The van der Waals surface area contributed by atoms with Gasteiger partial charge >= 0.3 is 0 Å². The summed E-state index contributed by atoms with van der Waals surface area (Å²) in [5, 5.41) is 5.44. The van der Waals surface area contributed by atoms with Crippen molar-refractivity contribution in [2.45, 2.75) is 57.7 Å². The van der Waals surface area contributed by atoms with Gasteiger partial charge in [-0.15, -0.1) is 0 Å². The lowest BCUT2D eigenvalue weighted by molar-refractivity contribution is 0.428. The first kappa shape index (κ1) is 16.4. The van der Waals surface area contributed by atoms with E-state index in [1.807, 2.05) is 11.8 Å². The van der Waals surface area contributed by atoms with Crippen molar-refractivity contribution in [1.29, 1.82) is 0 Å². The number of benzene rings is 1. The summed E-state index contributed by atoms with van der Waals surface area (Å²) in [7, 11) is 0. The molecule has 1 heterocycles. The zero-order valence-electron chi connectivity index (χ0n) is 13.7. The molecule has 0 fully saturated rings. The number of nitrogens with zero attached hydrogens (tertiary/aromatic N) is 1. The Hall–Kier alpha value is -0.960. The molecule has 0 spiro atoms. The summed E-state index contributed by atoms with van der Waals surface area (Å²) in [5.41, 5.74) is 1.50. The highest BCUT2D eigenvalue weighted by molar-refractivity contribution is 8.14. The van der Waals surface area contributed by atoms with Crippen molar-refractivity contribution >= 4 is 16.9 Å². The fraction of sp³-hybridized carbons (Fsp3) is 0.611. The third kappa shape index (κ3) is 5.74. The molecular weight excluding hydrogens is 276 g/mol. The molecule has 0 saturated carbocycles. The van der Waals surface area contributed by atoms with E-state index in [9.17, 15) is 0 Å². The van der Waals surface area contributed by atoms with Crippen LogP contribution in [0, 0.1) is 5.92 Å². The van der Waals surface area contributed by atoms with E-state index in [0.717, 1.165) is 30.5 Å². The summed E-state index contributed by atoms with van der Waals surface area (Å²) in [5.74, 6) is 0.753. The molecule has 21 heavy (non-hydrogen) atoms. The Morgan fingerprint density at radius 3 is 2.67 bits per heavy atom. The molecule has 0 amide bonds. The highest BCUT2D eigenvalue weighted by Gasteiger charge is 2.25. The lowest BCUT2D eigenvalue weighted by Gasteiger charge is -2.27. The van der Waals surface area contributed by atoms with E-state index in [4.69, 9.17) is 0 Å². The molecule has 2 nitrogen and oxygen atoms in total. The van der Waals surface area contributed by atoms with Crippen LogP contribution < -0.4 is 5.32 Å². The maximum Gasteiger partial charge on any atom is 0.157 e. The molecule has 2 rings (SSSR count). The molecule has 1 aliphatic rings. The van der Waals surface area contributed by atoms with Gasteiger partial charge in [0.2, 0.25) is 0 Å². The Balaban J connectivity index is 1.79. The first-order valence-corrected chi connectivity index (χ1v) is 8.86. The number of aliphatic imine (C=N–C) groups is 1. The summed E-state index contributed by atoms with van der Waals surface area (Å²) in [4.78, 5) is 4.68. The van der Waals surface area contributed by atoms with Crippen LogP contribution in [0.15, 0.2) is 35.3 Å². The lowest BCUT2D eigenvalue weighted by atomic mass is 9.95. The van der Waals surface area contributed by atoms with Gasteiger partial charge in [-0.3, -0.25) is 4.99 Å². The number of thioether (sulfide) groups is 1. The molecule has 1 N–H and O–H groups in total. The van der Waals surface area contributed by atoms with Crippen molar-refractivity contribution in [2.75, 3.05) is 6.54 Å². The monoisotopic (exact) mass is 304 g/mol. The van der Waals surface area contributed by atoms with Gasteiger partial charge in [0.05, 0.1) is 6.54 Å². The Morgan fingerprint density at radius 2 is 2.00 bits per heavy atom. The van der Waals surface area contributed by atoms with Crippen LogP contribution in [0.1, 0.15) is 46.1 Å². The number of amidine groups is 1. The second kappa shape index (κ2) is 7.35. The first-order valence-electron chi connectivity index (χ1n) is 7.98. The highest BCUT2D eigenvalue weighted by Crippen LogP contribution is 2.27. The number of hydrogen-bond donors (Lipinski definition) is 1. The van der Waals surface area contributed by atoms with E-state index in [1.165, 1.54) is 12.0 Å². The van der Waals surface area contributed by atoms with Crippen molar-refractivity contribution in [3.63, 3.8) is 0 Å². The SMILES string of the molecule is CC(C)CC1CN=C(NC(C)(C)CCc2ccccc2)S1. The average molecular weight is 305 g/mol. The fourth-order valence-corrected chi connectivity index (χ4v) is 4.02. The molecule has 1 atom stereocenters. The zero-order valence-corrected chi connectivity index (χ0v) is 14.5. The van der Waals surface area contributed by atoms with Crippen molar-refractivity contribution in [1.82, 2.24) is 5.32 Å². The van der Waals surface area contributed by atoms with E-state index in [-0.39, 0.29) is 5.54 Å².